The molecule has 0 aromatic carbocycles. The van der Waals surface area contributed by atoms with Crippen LogP contribution in [0, 0.1) is 5.92 Å². The van der Waals surface area contributed by atoms with Gasteiger partial charge in [-0.15, -0.1) is 0 Å². The highest BCUT2D eigenvalue weighted by molar-refractivity contribution is 7.92. The normalized spacial score (nSPS) is 38.7. The fourth-order valence-electron chi connectivity index (χ4n) is 2.46. The second-order valence-electron chi connectivity index (χ2n) is 4.46. The number of thiocarbonyl (C=S) groups is 1. The van der Waals surface area contributed by atoms with Crippen LogP contribution in [0.4, 0.5) is 4.39 Å². The standard InChI is InChI=1S/C13H16FNOS2/c1-15-12(17)13(7-2-3-8-18(13)16)10-5-4-6-11(14)9-10/h2-5,7-8,10-11H,6,9H2,1H3,(H,15,17)/t10?,11?,13-,18+/m0/s1. The Labute approximate surface area is 114 Å². The lowest BCUT2D eigenvalue weighted by molar-refractivity contribution is 0.272. The van der Waals surface area contributed by atoms with Crippen LogP contribution in [0.15, 0.2) is 35.8 Å². The summed E-state index contributed by atoms with van der Waals surface area (Å²) in [4.78, 5) is 0.505. The van der Waals surface area contributed by atoms with Gasteiger partial charge in [0, 0.05) is 18.4 Å². The van der Waals surface area contributed by atoms with Crippen LogP contribution in [0.3, 0.4) is 0 Å². The third kappa shape index (κ3) is 2.21. The van der Waals surface area contributed by atoms with Crippen molar-refractivity contribution in [2.24, 2.45) is 5.92 Å². The van der Waals surface area contributed by atoms with Gasteiger partial charge in [-0.25, -0.2) is 4.39 Å². The lowest BCUT2D eigenvalue weighted by Gasteiger charge is -2.38. The van der Waals surface area contributed by atoms with Crippen LogP contribution in [0.1, 0.15) is 12.8 Å². The first kappa shape index (κ1) is 13.6. The molecule has 1 heterocycles. The molecule has 0 bridgehead atoms. The summed E-state index contributed by atoms with van der Waals surface area (Å²) in [5.41, 5.74) is 0. The summed E-state index contributed by atoms with van der Waals surface area (Å²) in [6, 6.07) is 0. The molecule has 0 spiro atoms. The Bertz CT molecular complexity index is 458. The van der Waals surface area contributed by atoms with E-state index in [1.807, 2.05) is 24.3 Å². The maximum atomic E-state index is 13.6. The van der Waals surface area contributed by atoms with Crippen molar-refractivity contribution in [3.8, 4) is 0 Å². The van der Waals surface area contributed by atoms with E-state index in [0.29, 0.717) is 17.8 Å². The largest absolute Gasteiger partial charge is 0.381 e. The van der Waals surface area contributed by atoms with Crippen molar-refractivity contribution in [3.05, 3.63) is 35.8 Å². The van der Waals surface area contributed by atoms with Crippen LogP contribution in [-0.4, -0.2) is 27.2 Å². The zero-order chi connectivity index (χ0) is 13.2. The molecule has 2 nitrogen and oxygen atoms in total. The molecule has 0 saturated heterocycles. The molecule has 4 atom stereocenters. The highest BCUT2D eigenvalue weighted by Gasteiger charge is 2.46. The highest BCUT2D eigenvalue weighted by Crippen LogP contribution is 2.38. The van der Waals surface area contributed by atoms with E-state index in [9.17, 15) is 8.60 Å². The zero-order valence-electron chi connectivity index (χ0n) is 10.1. The second kappa shape index (κ2) is 5.45. The predicted octanol–water partition coefficient (Wildman–Crippen LogP) is 2.41. The van der Waals surface area contributed by atoms with Gasteiger partial charge in [-0.2, -0.15) is 0 Å². The van der Waals surface area contributed by atoms with Crippen LogP contribution in [0.25, 0.3) is 0 Å². The summed E-state index contributed by atoms with van der Waals surface area (Å²) < 4.78 is 25.2. The molecule has 1 aliphatic carbocycles. The Balaban J connectivity index is 2.43. The molecule has 2 unspecified atom stereocenters. The minimum Gasteiger partial charge on any atom is -0.381 e. The summed E-state index contributed by atoms with van der Waals surface area (Å²) >= 11 is 5.34. The number of halogens is 1. The molecule has 5 heteroatoms. The van der Waals surface area contributed by atoms with Gasteiger partial charge >= 0.3 is 0 Å². The van der Waals surface area contributed by atoms with E-state index in [4.69, 9.17) is 12.2 Å². The van der Waals surface area contributed by atoms with Gasteiger partial charge in [-0.05, 0) is 12.8 Å². The first-order valence-electron chi connectivity index (χ1n) is 5.91. The molecule has 18 heavy (non-hydrogen) atoms. The molecule has 1 aliphatic heterocycles. The maximum Gasteiger partial charge on any atom is 0.124 e. The smallest absolute Gasteiger partial charge is 0.124 e. The summed E-state index contributed by atoms with van der Waals surface area (Å²) in [6.07, 6.45) is 9.10. The first-order chi connectivity index (χ1) is 8.61. The summed E-state index contributed by atoms with van der Waals surface area (Å²) in [7, 11) is 0.447. The number of allylic oxidation sites excluding steroid dienone is 4. The molecule has 0 saturated carbocycles. The van der Waals surface area contributed by atoms with Gasteiger partial charge in [0.2, 0.25) is 0 Å². The molecule has 0 aromatic heterocycles. The van der Waals surface area contributed by atoms with Gasteiger partial charge < -0.3 is 5.32 Å². The monoisotopic (exact) mass is 285 g/mol. The fourth-order valence-corrected chi connectivity index (χ4v) is 4.35. The van der Waals surface area contributed by atoms with Crippen molar-refractivity contribution in [1.82, 2.24) is 5.32 Å². The Hall–Kier alpha value is -0.810. The molecular formula is C13H16FNOS2. The van der Waals surface area contributed by atoms with Gasteiger partial charge in [0.25, 0.3) is 0 Å². The quantitative estimate of drug-likeness (QED) is 0.624. The van der Waals surface area contributed by atoms with Gasteiger partial charge in [0.15, 0.2) is 0 Å². The van der Waals surface area contributed by atoms with Crippen molar-refractivity contribution in [2.45, 2.75) is 23.8 Å². The van der Waals surface area contributed by atoms with Crippen molar-refractivity contribution >= 4 is 28.0 Å². The van der Waals surface area contributed by atoms with E-state index in [-0.39, 0.29) is 5.92 Å². The van der Waals surface area contributed by atoms with E-state index in [2.05, 4.69) is 5.32 Å². The molecule has 2 aliphatic rings. The number of hydrogen-bond donors (Lipinski definition) is 1. The predicted molar refractivity (Wildman–Crippen MR) is 77.6 cm³/mol. The maximum absolute atomic E-state index is 13.6. The topological polar surface area (TPSA) is 29.1 Å². The van der Waals surface area contributed by atoms with Gasteiger partial charge in [0.1, 0.15) is 10.9 Å². The van der Waals surface area contributed by atoms with Crippen LogP contribution >= 0.6 is 12.2 Å². The number of nitrogens with one attached hydrogen (secondary N) is 1. The van der Waals surface area contributed by atoms with Crippen LogP contribution in [0.2, 0.25) is 0 Å². The second-order valence-corrected chi connectivity index (χ2v) is 6.41. The van der Waals surface area contributed by atoms with Crippen LogP contribution in [0.5, 0.6) is 0 Å². The van der Waals surface area contributed by atoms with Gasteiger partial charge in [-0.3, -0.25) is 4.21 Å². The molecule has 0 fully saturated rings. The molecule has 0 aromatic rings. The Morgan fingerprint density at radius 1 is 1.56 bits per heavy atom. The van der Waals surface area contributed by atoms with E-state index in [1.54, 1.807) is 18.5 Å². The molecular weight excluding hydrogens is 269 g/mol. The third-order valence-corrected chi connectivity index (χ3v) is 5.78. The molecule has 2 rings (SSSR count). The minimum atomic E-state index is -1.27. The average Bonchev–Trinajstić information content (AvgIpc) is 2.38. The molecule has 0 radical (unpaired) electrons. The van der Waals surface area contributed by atoms with Gasteiger partial charge in [0.05, 0.1) is 15.8 Å². The Morgan fingerprint density at radius 2 is 2.33 bits per heavy atom. The summed E-state index contributed by atoms with van der Waals surface area (Å²) in [5, 5.41) is 4.54. The first-order valence-corrected chi connectivity index (χ1v) is 7.53. The zero-order valence-corrected chi connectivity index (χ0v) is 11.8. The van der Waals surface area contributed by atoms with E-state index < -0.39 is 21.7 Å². The van der Waals surface area contributed by atoms with Crippen LogP contribution < -0.4 is 5.32 Å². The summed E-state index contributed by atoms with van der Waals surface area (Å²) in [5.74, 6) is -0.164. The molecule has 98 valence electrons. The SMILES string of the molecule is CNC(=S)[C@@]1(C2C=CCC(F)C2)C=CC=C[S@]1=O. The Morgan fingerprint density at radius 3 is 2.94 bits per heavy atom. The van der Waals surface area contributed by atoms with E-state index in [0.717, 1.165) is 0 Å². The fraction of sp³-hybridized carbons (Fsp3) is 0.462. The van der Waals surface area contributed by atoms with Crippen molar-refractivity contribution < 1.29 is 8.60 Å². The number of rotatable bonds is 2. The number of hydrogen-bond acceptors (Lipinski definition) is 2. The molecule has 0 amide bonds. The number of alkyl halides is 1. The highest BCUT2D eigenvalue weighted by atomic mass is 32.2. The lowest BCUT2D eigenvalue weighted by Crippen LogP contribution is -2.52. The minimum absolute atomic E-state index is 0.164. The van der Waals surface area contributed by atoms with E-state index in [1.165, 1.54) is 0 Å². The van der Waals surface area contributed by atoms with Crippen molar-refractivity contribution in [2.75, 3.05) is 7.05 Å². The van der Waals surface area contributed by atoms with Crippen LogP contribution in [-0.2, 0) is 10.8 Å². The van der Waals surface area contributed by atoms with Gasteiger partial charge in [-0.1, -0.05) is 42.6 Å². The van der Waals surface area contributed by atoms with Crippen molar-refractivity contribution in [3.63, 3.8) is 0 Å². The Kier molecular flexibility index (Phi) is 4.12. The summed E-state index contributed by atoms with van der Waals surface area (Å²) in [6.45, 7) is 0. The lowest BCUT2D eigenvalue weighted by atomic mass is 9.82. The molecule has 1 N–H and O–H groups in total. The van der Waals surface area contributed by atoms with E-state index >= 15 is 0 Å². The average molecular weight is 285 g/mol. The van der Waals surface area contributed by atoms with Crippen molar-refractivity contribution in [1.29, 1.82) is 0 Å². The third-order valence-electron chi connectivity index (χ3n) is 3.39.